The summed E-state index contributed by atoms with van der Waals surface area (Å²) in [5.41, 5.74) is 5.66. The number of nitrogens with one attached hydrogen (secondary N) is 1. The summed E-state index contributed by atoms with van der Waals surface area (Å²) in [5.74, 6) is 0. The van der Waals surface area contributed by atoms with E-state index in [9.17, 15) is 0 Å². The van der Waals surface area contributed by atoms with E-state index < -0.39 is 0 Å². The Bertz CT molecular complexity index is 1470. The molecule has 0 fully saturated rings. The second kappa shape index (κ2) is 6.11. The number of halogens is 2. The minimum absolute atomic E-state index is 1.00. The average Bonchev–Trinajstić information content (AvgIpc) is 3.27. The molecule has 0 bridgehead atoms. The highest BCUT2D eigenvalue weighted by Gasteiger charge is 2.24. The van der Waals surface area contributed by atoms with Gasteiger partial charge < -0.3 is 4.98 Å². The van der Waals surface area contributed by atoms with Crippen molar-refractivity contribution in [2.45, 2.75) is 0 Å². The normalized spacial score (nSPS) is 11.9. The molecular formula is C22H11Br2N3S. The summed E-state index contributed by atoms with van der Waals surface area (Å²) in [6.07, 6.45) is 3.70. The SMILES string of the molecule is Brc1cccc2c3c(-c4ccncc4)c4c([nH]c5c(Br)cccc54)sc-3nc12. The van der Waals surface area contributed by atoms with E-state index in [1.807, 2.05) is 18.5 Å². The average molecular weight is 509 g/mol. The molecule has 4 aromatic rings. The predicted molar refractivity (Wildman–Crippen MR) is 124 cm³/mol. The van der Waals surface area contributed by atoms with Gasteiger partial charge in [0.25, 0.3) is 0 Å². The lowest BCUT2D eigenvalue weighted by molar-refractivity contribution is 1.33. The van der Waals surface area contributed by atoms with Crippen LogP contribution in [-0.2, 0) is 0 Å². The highest BCUT2D eigenvalue weighted by atomic mass is 79.9. The maximum absolute atomic E-state index is 4.97. The molecule has 2 aromatic carbocycles. The molecule has 2 aromatic heterocycles. The van der Waals surface area contributed by atoms with Crippen LogP contribution < -0.4 is 0 Å². The predicted octanol–water partition coefficient (Wildman–Crippen LogP) is 7.62. The van der Waals surface area contributed by atoms with Gasteiger partial charge in [0.05, 0.1) is 11.0 Å². The van der Waals surface area contributed by atoms with E-state index in [4.69, 9.17) is 4.98 Å². The molecule has 2 aliphatic rings. The van der Waals surface area contributed by atoms with Gasteiger partial charge in [-0.2, -0.15) is 0 Å². The zero-order valence-electron chi connectivity index (χ0n) is 14.3. The van der Waals surface area contributed by atoms with Crippen molar-refractivity contribution in [3.8, 4) is 21.7 Å². The van der Waals surface area contributed by atoms with Crippen LogP contribution in [0.1, 0.15) is 0 Å². The third-order valence-corrected chi connectivity index (χ3v) is 7.40. The van der Waals surface area contributed by atoms with Gasteiger partial charge in [0, 0.05) is 48.6 Å². The van der Waals surface area contributed by atoms with E-state index in [-0.39, 0.29) is 0 Å². The van der Waals surface area contributed by atoms with Crippen molar-refractivity contribution in [2.75, 3.05) is 0 Å². The number of H-pyrrole nitrogens is 1. The number of benzene rings is 2. The first-order valence-corrected chi connectivity index (χ1v) is 11.1. The molecule has 0 radical (unpaired) electrons. The Labute approximate surface area is 181 Å². The monoisotopic (exact) mass is 507 g/mol. The molecule has 6 rings (SSSR count). The quantitative estimate of drug-likeness (QED) is 0.248. The van der Waals surface area contributed by atoms with Gasteiger partial charge in [0.15, 0.2) is 0 Å². The van der Waals surface area contributed by atoms with Gasteiger partial charge in [-0.15, -0.1) is 0 Å². The van der Waals surface area contributed by atoms with Crippen molar-refractivity contribution in [3.63, 3.8) is 0 Å². The highest BCUT2D eigenvalue weighted by molar-refractivity contribution is 9.11. The van der Waals surface area contributed by atoms with Crippen LogP contribution in [0.5, 0.6) is 0 Å². The molecular weight excluding hydrogens is 498 g/mol. The Morgan fingerprint density at radius 2 is 1.57 bits per heavy atom. The maximum Gasteiger partial charge on any atom is 0.127 e. The summed E-state index contributed by atoms with van der Waals surface area (Å²) in [5, 5.41) is 4.63. The number of fused-ring (bicyclic) bond motifs is 6. The summed E-state index contributed by atoms with van der Waals surface area (Å²) in [6, 6.07) is 16.8. The van der Waals surface area contributed by atoms with Crippen molar-refractivity contribution in [2.24, 2.45) is 0 Å². The number of pyridine rings is 1. The van der Waals surface area contributed by atoms with Crippen LogP contribution >= 0.6 is 43.2 Å². The van der Waals surface area contributed by atoms with Crippen LogP contribution in [0.4, 0.5) is 0 Å². The number of nitrogens with zero attached hydrogens (tertiary/aromatic N) is 2. The van der Waals surface area contributed by atoms with Gasteiger partial charge in [0.2, 0.25) is 0 Å². The first-order valence-electron chi connectivity index (χ1n) is 8.73. The number of hydrogen-bond donors (Lipinski definition) is 1. The van der Waals surface area contributed by atoms with Gasteiger partial charge >= 0.3 is 0 Å². The van der Waals surface area contributed by atoms with Crippen LogP contribution in [0.25, 0.3) is 53.7 Å². The maximum atomic E-state index is 4.97. The zero-order valence-corrected chi connectivity index (χ0v) is 18.3. The number of rotatable bonds is 1. The molecule has 0 spiro atoms. The largest absolute Gasteiger partial charge is 0.345 e. The molecule has 0 unspecified atom stereocenters. The lowest BCUT2D eigenvalue weighted by Gasteiger charge is -2.10. The highest BCUT2D eigenvalue weighted by Crippen LogP contribution is 2.50. The summed E-state index contributed by atoms with van der Waals surface area (Å²) < 4.78 is 2.08. The standard InChI is InChI=1S/C22H11Br2N3S/c23-14-5-1-3-12-17-16(11-7-9-25-10-8-11)18-13-4-2-6-15(24)20(13)27-22(18)28-21(17)26-19(12)14/h1-10,26H. The van der Waals surface area contributed by atoms with E-state index in [0.29, 0.717) is 0 Å². The fourth-order valence-electron chi connectivity index (χ4n) is 3.93. The van der Waals surface area contributed by atoms with Crippen molar-refractivity contribution >= 4 is 75.2 Å². The lowest BCUT2D eigenvalue weighted by Crippen LogP contribution is -1.86. The minimum Gasteiger partial charge on any atom is -0.345 e. The Morgan fingerprint density at radius 1 is 0.821 bits per heavy atom. The van der Waals surface area contributed by atoms with Gasteiger partial charge in [-0.25, -0.2) is 4.98 Å². The molecule has 4 heterocycles. The van der Waals surface area contributed by atoms with Gasteiger partial charge in [-0.05, 0) is 61.7 Å². The molecule has 0 saturated carbocycles. The molecule has 28 heavy (non-hydrogen) atoms. The van der Waals surface area contributed by atoms with E-state index in [1.165, 1.54) is 27.3 Å². The topological polar surface area (TPSA) is 41.6 Å². The Morgan fingerprint density at radius 3 is 2.39 bits per heavy atom. The smallest absolute Gasteiger partial charge is 0.127 e. The van der Waals surface area contributed by atoms with E-state index in [2.05, 4.69) is 84.3 Å². The molecule has 2 aliphatic heterocycles. The second-order valence-corrected chi connectivity index (χ2v) is 9.34. The van der Waals surface area contributed by atoms with E-state index in [0.717, 1.165) is 35.4 Å². The Hall–Kier alpha value is -2.28. The molecule has 0 aliphatic carbocycles. The third-order valence-electron chi connectivity index (χ3n) is 5.10. The van der Waals surface area contributed by atoms with E-state index >= 15 is 0 Å². The summed E-state index contributed by atoms with van der Waals surface area (Å²) in [6.45, 7) is 0. The third kappa shape index (κ3) is 2.25. The number of aromatic nitrogens is 3. The fraction of sp³-hybridized carbons (Fsp3) is 0. The zero-order chi connectivity index (χ0) is 18.8. The molecule has 0 amide bonds. The van der Waals surface area contributed by atoms with Crippen LogP contribution in [0.15, 0.2) is 69.9 Å². The van der Waals surface area contributed by atoms with Crippen LogP contribution in [0, 0.1) is 0 Å². The molecule has 0 atom stereocenters. The first kappa shape index (κ1) is 16.7. The van der Waals surface area contributed by atoms with Gasteiger partial charge in [0.1, 0.15) is 9.84 Å². The van der Waals surface area contributed by atoms with Crippen molar-refractivity contribution < 1.29 is 0 Å². The summed E-state index contributed by atoms with van der Waals surface area (Å²) >= 11 is 9.07. The van der Waals surface area contributed by atoms with E-state index in [1.54, 1.807) is 11.3 Å². The number of hydrogen-bond acceptors (Lipinski definition) is 3. The Kier molecular flexibility index (Phi) is 3.63. The summed E-state index contributed by atoms with van der Waals surface area (Å²) in [7, 11) is 0. The second-order valence-electron chi connectivity index (χ2n) is 6.63. The molecule has 0 saturated heterocycles. The van der Waals surface area contributed by atoms with Crippen LogP contribution in [-0.4, -0.2) is 15.0 Å². The van der Waals surface area contributed by atoms with Crippen molar-refractivity contribution in [1.29, 1.82) is 0 Å². The van der Waals surface area contributed by atoms with Crippen LogP contribution in [0.3, 0.4) is 0 Å². The molecule has 3 nitrogen and oxygen atoms in total. The van der Waals surface area contributed by atoms with Crippen molar-refractivity contribution in [3.05, 3.63) is 69.9 Å². The van der Waals surface area contributed by atoms with Gasteiger partial charge in [-0.1, -0.05) is 35.6 Å². The molecule has 134 valence electrons. The fourth-order valence-corrected chi connectivity index (χ4v) is 5.96. The number of para-hydroxylation sites is 2. The van der Waals surface area contributed by atoms with Crippen molar-refractivity contribution in [1.82, 2.24) is 15.0 Å². The number of aromatic amines is 1. The summed E-state index contributed by atoms with van der Waals surface area (Å²) in [4.78, 5) is 13.9. The van der Waals surface area contributed by atoms with Gasteiger partial charge in [-0.3, -0.25) is 4.98 Å². The first-order chi connectivity index (χ1) is 13.7. The van der Waals surface area contributed by atoms with Crippen LogP contribution in [0.2, 0.25) is 0 Å². The Balaban J connectivity index is 1.93. The molecule has 1 N–H and O–H groups in total. The minimum atomic E-state index is 1.00. The lowest BCUT2D eigenvalue weighted by atomic mass is 9.96. The molecule has 6 heteroatoms.